The highest BCUT2D eigenvalue weighted by molar-refractivity contribution is 9.10. The average Bonchev–Trinajstić information content (AvgIpc) is 2.49. The fourth-order valence-electron chi connectivity index (χ4n) is 2.34. The van der Waals surface area contributed by atoms with Gasteiger partial charge in [0, 0.05) is 5.56 Å². The third kappa shape index (κ3) is 2.35. The van der Waals surface area contributed by atoms with Crippen molar-refractivity contribution in [3.63, 3.8) is 0 Å². The first-order chi connectivity index (χ1) is 9.66. The summed E-state index contributed by atoms with van der Waals surface area (Å²) in [5, 5.41) is 2.26. The maximum atomic E-state index is 14.1. The van der Waals surface area contributed by atoms with E-state index in [1.807, 2.05) is 42.5 Å². The summed E-state index contributed by atoms with van der Waals surface area (Å²) in [6.45, 7) is 0. The van der Waals surface area contributed by atoms with E-state index in [0.717, 1.165) is 16.3 Å². The van der Waals surface area contributed by atoms with Crippen LogP contribution in [-0.2, 0) is 0 Å². The fourth-order valence-corrected chi connectivity index (χ4v) is 2.72. The van der Waals surface area contributed by atoms with E-state index in [2.05, 4.69) is 15.9 Å². The summed E-state index contributed by atoms with van der Waals surface area (Å²) in [4.78, 5) is 0. The van der Waals surface area contributed by atoms with Crippen LogP contribution in [0.15, 0.2) is 65.1 Å². The van der Waals surface area contributed by atoms with E-state index in [-0.39, 0.29) is 5.82 Å². The van der Waals surface area contributed by atoms with Crippen LogP contribution >= 0.6 is 15.9 Å². The van der Waals surface area contributed by atoms with Crippen LogP contribution in [0.2, 0.25) is 0 Å². The summed E-state index contributed by atoms with van der Waals surface area (Å²) in [6, 6.07) is 18.8. The maximum absolute atomic E-state index is 14.1. The largest absolute Gasteiger partial charge is 0.320 e. The molecule has 100 valence electrons. The van der Waals surface area contributed by atoms with Crippen LogP contribution < -0.4 is 5.73 Å². The number of hydrogen-bond donors (Lipinski definition) is 1. The molecule has 3 heteroatoms. The van der Waals surface area contributed by atoms with Gasteiger partial charge in [0.1, 0.15) is 5.82 Å². The van der Waals surface area contributed by atoms with Gasteiger partial charge in [0.2, 0.25) is 0 Å². The third-order valence-electron chi connectivity index (χ3n) is 3.45. The van der Waals surface area contributed by atoms with Gasteiger partial charge in [-0.15, -0.1) is 0 Å². The van der Waals surface area contributed by atoms with Gasteiger partial charge in [0.25, 0.3) is 0 Å². The Kier molecular flexibility index (Phi) is 3.55. The summed E-state index contributed by atoms with van der Waals surface area (Å²) in [7, 11) is 0. The molecule has 3 aromatic carbocycles. The van der Waals surface area contributed by atoms with E-state index in [4.69, 9.17) is 5.73 Å². The van der Waals surface area contributed by atoms with E-state index in [1.54, 1.807) is 18.2 Å². The van der Waals surface area contributed by atoms with Crippen molar-refractivity contribution in [3.05, 3.63) is 82.1 Å². The van der Waals surface area contributed by atoms with E-state index in [0.29, 0.717) is 10.0 Å². The van der Waals surface area contributed by atoms with Crippen molar-refractivity contribution in [1.82, 2.24) is 0 Å². The van der Waals surface area contributed by atoms with Crippen molar-refractivity contribution in [1.29, 1.82) is 0 Å². The topological polar surface area (TPSA) is 26.0 Å². The molecule has 0 bridgehead atoms. The Morgan fingerprint density at radius 2 is 1.65 bits per heavy atom. The normalized spacial score (nSPS) is 12.6. The van der Waals surface area contributed by atoms with Crippen molar-refractivity contribution in [2.45, 2.75) is 6.04 Å². The van der Waals surface area contributed by atoms with Crippen LogP contribution in [0.3, 0.4) is 0 Å². The minimum atomic E-state index is -0.475. The molecule has 0 spiro atoms. The minimum Gasteiger partial charge on any atom is -0.320 e. The first-order valence-electron chi connectivity index (χ1n) is 6.35. The Balaban J connectivity index is 2.08. The molecule has 20 heavy (non-hydrogen) atoms. The van der Waals surface area contributed by atoms with Gasteiger partial charge in [0.15, 0.2) is 0 Å². The lowest BCUT2D eigenvalue weighted by Crippen LogP contribution is -2.13. The van der Waals surface area contributed by atoms with E-state index in [1.165, 1.54) is 0 Å². The molecule has 0 saturated heterocycles. The highest BCUT2D eigenvalue weighted by Crippen LogP contribution is 2.28. The van der Waals surface area contributed by atoms with Crippen molar-refractivity contribution in [2.75, 3.05) is 0 Å². The molecule has 0 fully saturated rings. The molecule has 0 heterocycles. The summed E-state index contributed by atoms with van der Waals surface area (Å²) in [5.41, 5.74) is 7.61. The maximum Gasteiger partial charge on any atom is 0.142 e. The van der Waals surface area contributed by atoms with Crippen molar-refractivity contribution >= 4 is 26.7 Å². The Morgan fingerprint density at radius 1 is 0.900 bits per heavy atom. The highest BCUT2D eigenvalue weighted by atomic mass is 79.9. The molecule has 0 radical (unpaired) electrons. The molecule has 0 amide bonds. The zero-order chi connectivity index (χ0) is 14.1. The molecule has 1 nitrogen and oxygen atoms in total. The van der Waals surface area contributed by atoms with Crippen molar-refractivity contribution in [2.24, 2.45) is 5.73 Å². The van der Waals surface area contributed by atoms with Crippen molar-refractivity contribution < 1.29 is 4.39 Å². The van der Waals surface area contributed by atoms with Crippen LogP contribution in [0.25, 0.3) is 10.8 Å². The van der Waals surface area contributed by atoms with Gasteiger partial charge in [0.05, 0.1) is 10.5 Å². The second-order valence-electron chi connectivity index (χ2n) is 4.73. The SMILES string of the molecule is NC(c1ccc2ccccc2c1)c1cccc(Br)c1F. The third-order valence-corrected chi connectivity index (χ3v) is 4.06. The first kappa shape index (κ1) is 13.3. The van der Waals surface area contributed by atoms with Crippen LogP contribution in [-0.4, -0.2) is 0 Å². The molecular formula is C17H13BrFN. The fraction of sp³-hybridized carbons (Fsp3) is 0.0588. The predicted octanol–water partition coefficient (Wildman–Crippen LogP) is 4.79. The molecule has 1 unspecified atom stereocenters. The molecular weight excluding hydrogens is 317 g/mol. The van der Waals surface area contributed by atoms with E-state index >= 15 is 0 Å². The highest BCUT2D eigenvalue weighted by Gasteiger charge is 2.15. The quantitative estimate of drug-likeness (QED) is 0.718. The van der Waals surface area contributed by atoms with Crippen LogP contribution in [0.5, 0.6) is 0 Å². The number of halogens is 2. The minimum absolute atomic E-state index is 0.298. The van der Waals surface area contributed by atoms with Gasteiger partial charge in [-0.25, -0.2) is 4.39 Å². The molecule has 3 aromatic rings. The zero-order valence-electron chi connectivity index (χ0n) is 10.7. The molecule has 0 saturated carbocycles. The monoisotopic (exact) mass is 329 g/mol. The van der Waals surface area contributed by atoms with Gasteiger partial charge in [-0.05, 0) is 44.4 Å². The van der Waals surface area contributed by atoms with Crippen LogP contribution in [0.1, 0.15) is 17.2 Å². The molecule has 0 aliphatic carbocycles. The van der Waals surface area contributed by atoms with Gasteiger partial charge >= 0.3 is 0 Å². The molecule has 2 N–H and O–H groups in total. The first-order valence-corrected chi connectivity index (χ1v) is 7.14. The van der Waals surface area contributed by atoms with Crippen LogP contribution in [0, 0.1) is 5.82 Å². The standard InChI is InChI=1S/C17H13BrFN/c18-15-7-3-6-14(16(15)19)17(20)13-9-8-11-4-1-2-5-12(11)10-13/h1-10,17H,20H2. The zero-order valence-corrected chi connectivity index (χ0v) is 12.3. The number of hydrogen-bond acceptors (Lipinski definition) is 1. The Hall–Kier alpha value is -1.71. The summed E-state index contributed by atoms with van der Waals surface area (Å²) in [5.74, 6) is -0.298. The van der Waals surface area contributed by atoms with Gasteiger partial charge in [-0.3, -0.25) is 0 Å². The Morgan fingerprint density at radius 3 is 2.45 bits per heavy atom. The summed E-state index contributed by atoms with van der Waals surface area (Å²) < 4.78 is 14.6. The number of fused-ring (bicyclic) bond motifs is 1. The second kappa shape index (κ2) is 5.35. The van der Waals surface area contributed by atoms with E-state index < -0.39 is 6.04 Å². The lowest BCUT2D eigenvalue weighted by Gasteiger charge is -2.15. The smallest absolute Gasteiger partial charge is 0.142 e. The Labute approximate surface area is 125 Å². The Bertz CT molecular complexity index is 770. The number of nitrogens with two attached hydrogens (primary N) is 1. The van der Waals surface area contributed by atoms with Crippen LogP contribution in [0.4, 0.5) is 4.39 Å². The molecule has 3 rings (SSSR count). The van der Waals surface area contributed by atoms with Gasteiger partial charge in [-0.1, -0.05) is 48.5 Å². The molecule has 1 atom stereocenters. The van der Waals surface area contributed by atoms with Gasteiger partial charge < -0.3 is 5.73 Å². The van der Waals surface area contributed by atoms with Crippen molar-refractivity contribution in [3.8, 4) is 0 Å². The summed E-state index contributed by atoms with van der Waals surface area (Å²) in [6.07, 6.45) is 0. The summed E-state index contributed by atoms with van der Waals surface area (Å²) >= 11 is 3.20. The molecule has 0 aromatic heterocycles. The lowest BCUT2D eigenvalue weighted by molar-refractivity contribution is 0.593. The van der Waals surface area contributed by atoms with E-state index in [9.17, 15) is 4.39 Å². The lowest BCUT2D eigenvalue weighted by atomic mass is 9.97. The average molecular weight is 330 g/mol. The predicted molar refractivity (Wildman–Crippen MR) is 84.1 cm³/mol. The number of rotatable bonds is 2. The molecule has 0 aliphatic heterocycles. The molecule has 0 aliphatic rings. The number of benzene rings is 3. The second-order valence-corrected chi connectivity index (χ2v) is 5.58. The van der Waals surface area contributed by atoms with Gasteiger partial charge in [-0.2, -0.15) is 0 Å².